The molecule has 0 bridgehead atoms. The molecule has 1 amide bonds. The predicted octanol–water partition coefficient (Wildman–Crippen LogP) is 1.19. The molecular formula is C13H18N2O3. The maximum atomic E-state index is 11.7. The van der Waals surface area contributed by atoms with Crippen molar-refractivity contribution in [2.24, 2.45) is 11.0 Å². The fourth-order valence-electron chi connectivity index (χ4n) is 1.49. The minimum absolute atomic E-state index is 0.0476. The van der Waals surface area contributed by atoms with E-state index in [0.29, 0.717) is 31.0 Å². The number of carbonyl (C=O) groups excluding carboxylic acids is 2. The molecule has 0 unspecified atom stereocenters. The van der Waals surface area contributed by atoms with Gasteiger partial charge in [-0.3, -0.25) is 4.79 Å². The van der Waals surface area contributed by atoms with E-state index in [9.17, 15) is 9.59 Å². The van der Waals surface area contributed by atoms with Crippen LogP contribution in [0.3, 0.4) is 0 Å². The van der Waals surface area contributed by atoms with Gasteiger partial charge >= 0.3 is 5.97 Å². The van der Waals surface area contributed by atoms with Crippen molar-refractivity contribution in [2.75, 3.05) is 13.2 Å². The summed E-state index contributed by atoms with van der Waals surface area (Å²) in [5.74, 6) is 5.05. The van der Waals surface area contributed by atoms with Crippen molar-refractivity contribution in [2.45, 2.75) is 33.6 Å². The molecule has 1 rings (SSSR count). The number of hydrazone groups is 1. The molecule has 0 aromatic rings. The van der Waals surface area contributed by atoms with E-state index in [-0.39, 0.29) is 12.5 Å². The fraction of sp³-hybridized carbons (Fsp3) is 0.615. The Labute approximate surface area is 107 Å². The topological polar surface area (TPSA) is 59.0 Å². The lowest BCUT2D eigenvalue weighted by atomic mass is 10.1. The molecule has 0 fully saturated rings. The highest BCUT2D eigenvalue weighted by molar-refractivity contribution is 6.37. The molecule has 1 heterocycles. The Bertz CT molecular complexity index is 416. The molecule has 18 heavy (non-hydrogen) atoms. The zero-order valence-corrected chi connectivity index (χ0v) is 11.0. The van der Waals surface area contributed by atoms with Crippen molar-refractivity contribution >= 4 is 17.6 Å². The maximum absolute atomic E-state index is 11.7. The van der Waals surface area contributed by atoms with Crippen LogP contribution in [0.5, 0.6) is 0 Å². The molecule has 5 heteroatoms. The Balaban J connectivity index is 2.66. The number of ether oxygens (including phenoxy) is 1. The fourth-order valence-corrected chi connectivity index (χ4v) is 1.49. The normalized spacial score (nSPS) is 15.0. The molecule has 0 saturated heterocycles. The summed E-state index contributed by atoms with van der Waals surface area (Å²) >= 11 is 0. The SMILES string of the molecule is CC#CCOC(=O)C1=NN(CC(C)C)C(=O)CC1. The molecule has 0 aromatic heterocycles. The second-order valence-corrected chi connectivity index (χ2v) is 4.42. The van der Waals surface area contributed by atoms with E-state index in [1.165, 1.54) is 5.01 Å². The van der Waals surface area contributed by atoms with Gasteiger partial charge < -0.3 is 4.74 Å². The highest BCUT2D eigenvalue weighted by atomic mass is 16.5. The van der Waals surface area contributed by atoms with Gasteiger partial charge in [0.1, 0.15) is 5.71 Å². The van der Waals surface area contributed by atoms with Crippen LogP contribution < -0.4 is 0 Å². The molecule has 0 aromatic carbocycles. The third-order valence-electron chi connectivity index (χ3n) is 2.33. The summed E-state index contributed by atoms with van der Waals surface area (Å²) in [5, 5.41) is 5.42. The summed E-state index contributed by atoms with van der Waals surface area (Å²) in [6.45, 7) is 6.24. The first-order valence-corrected chi connectivity index (χ1v) is 5.99. The minimum Gasteiger partial charge on any atom is -0.448 e. The van der Waals surface area contributed by atoms with E-state index in [1.54, 1.807) is 6.92 Å². The number of carbonyl (C=O) groups is 2. The Morgan fingerprint density at radius 2 is 2.22 bits per heavy atom. The van der Waals surface area contributed by atoms with Gasteiger partial charge in [0.15, 0.2) is 6.61 Å². The molecule has 5 nitrogen and oxygen atoms in total. The van der Waals surface area contributed by atoms with Gasteiger partial charge in [-0.25, -0.2) is 9.80 Å². The van der Waals surface area contributed by atoms with E-state index in [0.717, 1.165) is 0 Å². The molecule has 1 aliphatic rings. The van der Waals surface area contributed by atoms with Gasteiger partial charge in [-0.1, -0.05) is 19.8 Å². The van der Waals surface area contributed by atoms with Crippen LogP contribution in [-0.2, 0) is 14.3 Å². The number of nitrogens with zero attached hydrogens (tertiary/aromatic N) is 2. The third kappa shape index (κ3) is 4.21. The Hall–Kier alpha value is -1.83. The van der Waals surface area contributed by atoms with E-state index in [1.807, 2.05) is 13.8 Å². The predicted molar refractivity (Wildman–Crippen MR) is 67.6 cm³/mol. The van der Waals surface area contributed by atoms with Crippen molar-refractivity contribution in [1.29, 1.82) is 0 Å². The van der Waals surface area contributed by atoms with Gasteiger partial charge in [-0.2, -0.15) is 5.10 Å². The number of rotatable bonds is 4. The Kier molecular flexibility index (Phi) is 5.37. The number of hydrogen-bond donors (Lipinski definition) is 0. The van der Waals surface area contributed by atoms with Gasteiger partial charge in [0.25, 0.3) is 0 Å². The molecule has 0 saturated carbocycles. The minimum atomic E-state index is -0.487. The van der Waals surface area contributed by atoms with Crippen molar-refractivity contribution in [3.63, 3.8) is 0 Å². The summed E-state index contributed by atoms with van der Waals surface area (Å²) in [6, 6.07) is 0. The largest absolute Gasteiger partial charge is 0.448 e. The average molecular weight is 250 g/mol. The lowest BCUT2D eigenvalue weighted by molar-refractivity contribution is -0.135. The van der Waals surface area contributed by atoms with Crippen molar-refractivity contribution < 1.29 is 14.3 Å². The Morgan fingerprint density at radius 1 is 1.50 bits per heavy atom. The molecule has 1 aliphatic heterocycles. The second kappa shape index (κ2) is 6.80. The first kappa shape index (κ1) is 14.2. The smallest absolute Gasteiger partial charge is 0.355 e. The van der Waals surface area contributed by atoms with E-state index in [2.05, 4.69) is 16.9 Å². The van der Waals surface area contributed by atoms with Crippen molar-refractivity contribution in [1.82, 2.24) is 5.01 Å². The number of esters is 1. The number of hydrogen-bond acceptors (Lipinski definition) is 4. The zero-order chi connectivity index (χ0) is 13.5. The summed E-state index contributed by atoms with van der Waals surface area (Å²) < 4.78 is 4.93. The van der Waals surface area contributed by atoms with Crippen LogP contribution >= 0.6 is 0 Å². The molecule has 0 atom stereocenters. The Morgan fingerprint density at radius 3 is 2.83 bits per heavy atom. The van der Waals surface area contributed by atoms with Gasteiger partial charge in [0, 0.05) is 19.4 Å². The summed E-state index contributed by atoms with van der Waals surface area (Å²) in [6.07, 6.45) is 0.645. The lowest BCUT2D eigenvalue weighted by Gasteiger charge is -2.24. The van der Waals surface area contributed by atoms with Gasteiger partial charge in [-0.15, -0.1) is 5.92 Å². The van der Waals surface area contributed by atoms with E-state index >= 15 is 0 Å². The average Bonchev–Trinajstić information content (AvgIpc) is 2.31. The molecule has 98 valence electrons. The highest BCUT2D eigenvalue weighted by Crippen LogP contribution is 2.12. The van der Waals surface area contributed by atoms with Gasteiger partial charge in [-0.05, 0) is 12.8 Å². The molecule has 0 aliphatic carbocycles. The van der Waals surface area contributed by atoms with Crippen molar-refractivity contribution in [3.05, 3.63) is 0 Å². The monoisotopic (exact) mass is 250 g/mol. The maximum Gasteiger partial charge on any atom is 0.355 e. The first-order chi connectivity index (χ1) is 8.54. The van der Waals surface area contributed by atoms with Crippen LogP contribution in [0.4, 0.5) is 0 Å². The van der Waals surface area contributed by atoms with E-state index in [4.69, 9.17) is 4.74 Å². The molecule has 0 radical (unpaired) electrons. The summed E-state index contributed by atoms with van der Waals surface area (Å²) in [4.78, 5) is 23.3. The highest BCUT2D eigenvalue weighted by Gasteiger charge is 2.25. The van der Waals surface area contributed by atoms with Crippen molar-refractivity contribution in [3.8, 4) is 11.8 Å². The van der Waals surface area contributed by atoms with E-state index < -0.39 is 5.97 Å². The standard InChI is InChI=1S/C13H18N2O3/c1-4-5-8-18-13(17)11-6-7-12(16)15(14-11)9-10(2)3/h10H,6-9H2,1-3H3. The summed E-state index contributed by atoms with van der Waals surface area (Å²) in [7, 11) is 0. The van der Waals surface area contributed by atoms with Gasteiger partial charge in [0.2, 0.25) is 5.91 Å². The molecule has 0 spiro atoms. The van der Waals surface area contributed by atoms with Crippen LogP contribution in [0.2, 0.25) is 0 Å². The lowest BCUT2D eigenvalue weighted by Crippen LogP contribution is -2.36. The van der Waals surface area contributed by atoms with Crippen LogP contribution in [0.25, 0.3) is 0 Å². The van der Waals surface area contributed by atoms with Crippen LogP contribution in [-0.4, -0.2) is 35.7 Å². The third-order valence-corrected chi connectivity index (χ3v) is 2.33. The number of amides is 1. The quantitative estimate of drug-likeness (QED) is 0.556. The summed E-state index contributed by atoms with van der Waals surface area (Å²) in [5.41, 5.74) is 0.299. The van der Waals surface area contributed by atoms with Gasteiger partial charge in [0.05, 0.1) is 0 Å². The van der Waals surface area contributed by atoms with Crippen LogP contribution in [0, 0.1) is 17.8 Å². The molecular weight excluding hydrogens is 232 g/mol. The first-order valence-electron chi connectivity index (χ1n) is 5.99. The zero-order valence-electron chi connectivity index (χ0n) is 11.0. The molecule has 0 N–H and O–H groups in total. The second-order valence-electron chi connectivity index (χ2n) is 4.42. The van der Waals surface area contributed by atoms with Crippen LogP contribution in [0.1, 0.15) is 33.6 Å². The van der Waals surface area contributed by atoms with Crippen LogP contribution in [0.15, 0.2) is 5.10 Å².